The van der Waals surface area contributed by atoms with Crippen LogP contribution in [-0.2, 0) is 26.0 Å². The minimum atomic E-state index is -3.51. The Morgan fingerprint density at radius 1 is 1.07 bits per heavy atom. The third-order valence-electron chi connectivity index (χ3n) is 4.68. The first-order valence-corrected chi connectivity index (χ1v) is 11.1. The van der Waals surface area contributed by atoms with E-state index in [4.69, 9.17) is 4.74 Å². The second kappa shape index (κ2) is 9.84. The highest BCUT2D eigenvalue weighted by atomic mass is 32.2. The zero-order valence-corrected chi connectivity index (χ0v) is 17.6. The van der Waals surface area contributed by atoms with Gasteiger partial charge in [-0.3, -0.25) is 9.59 Å². The molecule has 2 amide bonds. The van der Waals surface area contributed by atoms with E-state index in [0.717, 1.165) is 5.56 Å². The summed E-state index contributed by atoms with van der Waals surface area (Å²) in [7, 11) is -3.51. The van der Waals surface area contributed by atoms with Crippen LogP contribution in [0.3, 0.4) is 0 Å². The second-order valence-corrected chi connectivity index (χ2v) is 8.87. The molecule has 0 aromatic heterocycles. The van der Waals surface area contributed by atoms with E-state index in [-0.39, 0.29) is 16.7 Å². The van der Waals surface area contributed by atoms with Crippen LogP contribution in [0, 0.1) is 0 Å². The molecule has 160 valence electrons. The number of anilines is 1. The SMILES string of the molecule is CC(=O)Nc1cccc(C(=O)NCCc2ccc(S(=O)(=O)N3CCOCC3)cc2)c1. The minimum Gasteiger partial charge on any atom is -0.379 e. The molecule has 0 aliphatic carbocycles. The molecule has 3 rings (SSSR count). The van der Waals surface area contributed by atoms with Crippen LogP contribution in [0.15, 0.2) is 53.4 Å². The second-order valence-electron chi connectivity index (χ2n) is 6.93. The van der Waals surface area contributed by atoms with Gasteiger partial charge in [-0.05, 0) is 42.3 Å². The first-order valence-electron chi connectivity index (χ1n) is 9.69. The summed E-state index contributed by atoms with van der Waals surface area (Å²) in [6.45, 7) is 3.34. The average Bonchev–Trinajstić information content (AvgIpc) is 2.74. The summed E-state index contributed by atoms with van der Waals surface area (Å²) < 4.78 is 31.9. The molecule has 1 heterocycles. The van der Waals surface area contributed by atoms with Crippen molar-refractivity contribution in [2.75, 3.05) is 38.2 Å². The lowest BCUT2D eigenvalue weighted by atomic mass is 10.1. The molecule has 2 aromatic carbocycles. The van der Waals surface area contributed by atoms with Gasteiger partial charge in [-0.2, -0.15) is 4.31 Å². The van der Waals surface area contributed by atoms with Crippen molar-refractivity contribution in [3.63, 3.8) is 0 Å². The molecule has 9 heteroatoms. The molecule has 8 nitrogen and oxygen atoms in total. The van der Waals surface area contributed by atoms with E-state index in [9.17, 15) is 18.0 Å². The molecule has 0 atom stereocenters. The Hall–Kier alpha value is -2.75. The fraction of sp³-hybridized carbons (Fsp3) is 0.333. The highest BCUT2D eigenvalue weighted by Gasteiger charge is 2.26. The molecule has 0 bridgehead atoms. The first kappa shape index (κ1) is 21.9. The van der Waals surface area contributed by atoms with Crippen LogP contribution in [0.2, 0.25) is 0 Å². The van der Waals surface area contributed by atoms with Crippen molar-refractivity contribution in [2.24, 2.45) is 0 Å². The molecule has 2 N–H and O–H groups in total. The molecule has 0 unspecified atom stereocenters. The zero-order valence-electron chi connectivity index (χ0n) is 16.8. The van der Waals surface area contributed by atoms with Gasteiger partial charge in [0.25, 0.3) is 5.91 Å². The van der Waals surface area contributed by atoms with Gasteiger partial charge in [-0.25, -0.2) is 8.42 Å². The molecular formula is C21H25N3O5S. The minimum absolute atomic E-state index is 0.202. The number of carbonyl (C=O) groups excluding carboxylic acids is 2. The van der Waals surface area contributed by atoms with Gasteiger partial charge in [0.2, 0.25) is 15.9 Å². The fourth-order valence-corrected chi connectivity index (χ4v) is 4.54. The van der Waals surface area contributed by atoms with Crippen LogP contribution in [0.5, 0.6) is 0 Å². The van der Waals surface area contributed by atoms with Crippen LogP contribution < -0.4 is 10.6 Å². The molecule has 2 aromatic rings. The van der Waals surface area contributed by atoms with E-state index in [1.807, 2.05) is 0 Å². The monoisotopic (exact) mass is 431 g/mol. The summed E-state index contributed by atoms with van der Waals surface area (Å²) in [4.78, 5) is 23.7. The number of amides is 2. The predicted octanol–water partition coefficient (Wildman–Crippen LogP) is 1.64. The Bertz CT molecular complexity index is 1000. The summed E-state index contributed by atoms with van der Waals surface area (Å²) in [5.74, 6) is -0.444. The summed E-state index contributed by atoms with van der Waals surface area (Å²) in [5.41, 5.74) is 1.93. The maximum atomic E-state index is 12.6. The van der Waals surface area contributed by atoms with Crippen LogP contribution in [0.4, 0.5) is 5.69 Å². The summed E-state index contributed by atoms with van der Waals surface area (Å²) in [6.07, 6.45) is 0.564. The number of ether oxygens (including phenoxy) is 1. The topological polar surface area (TPSA) is 105 Å². The van der Waals surface area contributed by atoms with Crippen molar-refractivity contribution < 1.29 is 22.7 Å². The maximum absolute atomic E-state index is 12.6. The van der Waals surface area contributed by atoms with E-state index in [0.29, 0.717) is 50.5 Å². The molecule has 1 aliphatic heterocycles. The standard InChI is InChI=1S/C21H25N3O5S/c1-16(25)23-19-4-2-3-18(15-19)21(26)22-10-9-17-5-7-20(8-6-17)30(27,28)24-11-13-29-14-12-24/h2-8,15H,9-14H2,1H3,(H,22,26)(H,23,25). The number of hydrogen-bond donors (Lipinski definition) is 2. The van der Waals surface area contributed by atoms with Gasteiger partial charge in [-0.1, -0.05) is 18.2 Å². The molecule has 30 heavy (non-hydrogen) atoms. The first-order chi connectivity index (χ1) is 14.4. The van der Waals surface area contributed by atoms with Gasteiger partial charge in [0.1, 0.15) is 0 Å². The molecule has 0 saturated carbocycles. The maximum Gasteiger partial charge on any atom is 0.251 e. The number of morpholine rings is 1. The lowest BCUT2D eigenvalue weighted by Gasteiger charge is -2.26. The predicted molar refractivity (Wildman–Crippen MR) is 113 cm³/mol. The third kappa shape index (κ3) is 5.65. The van der Waals surface area contributed by atoms with E-state index >= 15 is 0 Å². The van der Waals surface area contributed by atoms with Gasteiger partial charge in [0, 0.05) is 37.8 Å². The zero-order chi connectivity index (χ0) is 21.6. The summed E-state index contributed by atoms with van der Waals surface area (Å²) in [6, 6.07) is 13.4. The Morgan fingerprint density at radius 3 is 2.43 bits per heavy atom. The van der Waals surface area contributed by atoms with Crippen LogP contribution in [-0.4, -0.2) is 57.4 Å². The van der Waals surface area contributed by atoms with Crippen LogP contribution in [0.25, 0.3) is 0 Å². The van der Waals surface area contributed by atoms with E-state index in [1.165, 1.54) is 11.2 Å². The Kier molecular flexibility index (Phi) is 7.20. The highest BCUT2D eigenvalue weighted by Crippen LogP contribution is 2.18. The Labute approximate surface area is 176 Å². The Morgan fingerprint density at radius 2 is 1.77 bits per heavy atom. The van der Waals surface area contributed by atoms with Gasteiger partial charge >= 0.3 is 0 Å². The number of hydrogen-bond acceptors (Lipinski definition) is 5. The number of sulfonamides is 1. The van der Waals surface area contributed by atoms with E-state index in [1.54, 1.807) is 48.5 Å². The number of benzene rings is 2. The molecular weight excluding hydrogens is 406 g/mol. The molecule has 0 radical (unpaired) electrons. The molecule has 1 fully saturated rings. The van der Waals surface area contributed by atoms with Gasteiger partial charge in [0.15, 0.2) is 0 Å². The van der Waals surface area contributed by atoms with Crippen molar-refractivity contribution in [3.05, 3.63) is 59.7 Å². The van der Waals surface area contributed by atoms with Crippen molar-refractivity contribution in [3.8, 4) is 0 Å². The smallest absolute Gasteiger partial charge is 0.251 e. The largest absolute Gasteiger partial charge is 0.379 e. The fourth-order valence-electron chi connectivity index (χ4n) is 3.13. The van der Waals surface area contributed by atoms with Gasteiger partial charge < -0.3 is 15.4 Å². The van der Waals surface area contributed by atoms with Gasteiger partial charge in [0.05, 0.1) is 18.1 Å². The van der Waals surface area contributed by atoms with Crippen molar-refractivity contribution >= 4 is 27.5 Å². The average molecular weight is 432 g/mol. The molecule has 0 spiro atoms. The lowest BCUT2D eigenvalue weighted by molar-refractivity contribution is -0.114. The molecule has 1 aliphatic rings. The van der Waals surface area contributed by atoms with Crippen molar-refractivity contribution in [2.45, 2.75) is 18.2 Å². The third-order valence-corrected chi connectivity index (χ3v) is 6.59. The van der Waals surface area contributed by atoms with Crippen LogP contribution >= 0.6 is 0 Å². The number of nitrogens with one attached hydrogen (secondary N) is 2. The highest BCUT2D eigenvalue weighted by molar-refractivity contribution is 7.89. The van der Waals surface area contributed by atoms with E-state index < -0.39 is 10.0 Å². The number of carbonyl (C=O) groups is 2. The summed E-state index contributed by atoms with van der Waals surface area (Å²) >= 11 is 0. The van der Waals surface area contributed by atoms with E-state index in [2.05, 4.69) is 10.6 Å². The number of nitrogens with zero attached hydrogens (tertiary/aromatic N) is 1. The lowest BCUT2D eigenvalue weighted by Crippen LogP contribution is -2.40. The van der Waals surface area contributed by atoms with Crippen LogP contribution in [0.1, 0.15) is 22.8 Å². The molecule has 1 saturated heterocycles. The van der Waals surface area contributed by atoms with Gasteiger partial charge in [-0.15, -0.1) is 0 Å². The van der Waals surface area contributed by atoms with Crippen molar-refractivity contribution in [1.82, 2.24) is 9.62 Å². The number of rotatable bonds is 7. The quantitative estimate of drug-likeness (QED) is 0.694. The normalized spacial score (nSPS) is 14.8. The summed E-state index contributed by atoms with van der Waals surface area (Å²) in [5, 5.41) is 5.48. The van der Waals surface area contributed by atoms with Crippen molar-refractivity contribution in [1.29, 1.82) is 0 Å². The Balaban J connectivity index is 1.54.